The zero-order valence-corrected chi connectivity index (χ0v) is 17.8. The second-order valence-electron chi connectivity index (χ2n) is 5.38. The van der Waals surface area contributed by atoms with Gasteiger partial charge in [0, 0.05) is 0 Å². The number of hydrogen-bond donors (Lipinski definition) is 0. The summed E-state index contributed by atoms with van der Waals surface area (Å²) in [6.45, 7) is 2.33. The standard InChI is InChI=1S/C18H18O7S.Na/c1-2-3-12-24-17(19)13-4-6-14(7-5-13)18(20)25-15-8-10-16(11-9-15)26(21,22)23;/h4-11H,2-3,12H2,1H3,(H,21,22,23);/q;+1/p-1. The van der Waals surface area contributed by atoms with Gasteiger partial charge in [0.2, 0.25) is 0 Å². The molecular weight excluding hydrogens is 383 g/mol. The van der Waals surface area contributed by atoms with Gasteiger partial charge in [-0.2, -0.15) is 0 Å². The topological polar surface area (TPSA) is 110 Å². The van der Waals surface area contributed by atoms with Crippen LogP contribution in [0, 0.1) is 0 Å². The van der Waals surface area contributed by atoms with Crippen molar-refractivity contribution in [3.05, 3.63) is 59.7 Å². The molecule has 0 saturated carbocycles. The molecule has 138 valence electrons. The van der Waals surface area contributed by atoms with Gasteiger partial charge in [-0.15, -0.1) is 0 Å². The molecule has 0 unspecified atom stereocenters. The number of rotatable bonds is 7. The van der Waals surface area contributed by atoms with Gasteiger partial charge in [-0.1, -0.05) is 13.3 Å². The van der Waals surface area contributed by atoms with E-state index in [1.54, 1.807) is 0 Å². The molecule has 0 bridgehead atoms. The molecule has 27 heavy (non-hydrogen) atoms. The van der Waals surface area contributed by atoms with Gasteiger partial charge >= 0.3 is 41.5 Å². The van der Waals surface area contributed by atoms with E-state index in [0.29, 0.717) is 12.2 Å². The smallest absolute Gasteiger partial charge is 0.744 e. The van der Waals surface area contributed by atoms with Crippen LogP contribution < -0.4 is 34.3 Å². The molecule has 9 heteroatoms. The van der Waals surface area contributed by atoms with Gasteiger partial charge < -0.3 is 14.0 Å². The van der Waals surface area contributed by atoms with Crippen LogP contribution in [0.4, 0.5) is 0 Å². The number of benzene rings is 2. The molecular formula is C18H17NaO7S. The molecule has 2 rings (SSSR count). The van der Waals surface area contributed by atoms with Crippen molar-refractivity contribution in [3.63, 3.8) is 0 Å². The van der Waals surface area contributed by atoms with Crippen LogP contribution >= 0.6 is 0 Å². The first-order valence-corrected chi connectivity index (χ1v) is 9.27. The molecule has 2 aromatic rings. The van der Waals surface area contributed by atoms with E-state index in [1.807, 2.05) is 6.92 Å². The Kier molecular flexibility index (Phi) is 9.14. The minimum atomic E-state index is -4.56. The fraction of sp³-hybridized carbons (Fsp3) is 0.222. The average Bonchev–Trinajstić information content (AvgIpc) is 2.61. The van der Waals surface area contributed by atoms with Gasteiger partial charge in [0.25, 0.3) is 0 Å². The van der Waals surface area contributed by atoms with Crippen molar-refractivity contribution in [1.29, 1.82) is 0 Å². The van der Waals surface area contributed by atoms with E-state index in [-0.39, 0.29) is 40.9 Å². The zero-order chi connectivity index (χ0) is 19.2. The van der Waals surface area contributed by atoms with E-state index < -0.39 is 27.0 Å². The molecule has 0 spiro atoms. The Balaban J connectivity index is 0.00000364. The van der Waals surface area contributed by atoms with Crippen LogP contribution in [0.15, 0.2) is 53.4 Å². The number of unbranched alkanes of at least 4 members (excludes halogenated alkanes) is 1. The number of hydrogen-bond acceptors (Lipinski definition) is 7. The largest absolute Gasteiger partial charge is 1.00 e. The van der Waals surface area contributed by atoms with Crippen molar-refractivity contribution in [2.75, 3.05) is 6.61 Å². The molecule has 7 nitrogen and oxygen atoms in total. The second kappa shape index (κ2) is 10.6. The summed E-state index contributed by atoms with van der Waals surface area (Å²) in [6, 6.07) is 10.3. The first-order chi connectivity index (χ1) is 12.3. The quantitative estimate of drug-likeness (QED) is 0.208. The van der Waals surface area contributed by atoms with E-state index in [4.69, 9.17) is 9.47 Å². The van der Waals surface area contributed by atoms with Gasteiger partial charge in [-0.05, 0) is 55.0 Å². The first-order valence-electron chi connectivity index (χ1n) is 7.86. The van der Waals surface area contributed by atoms with Gasteiger partial charge in [-0.25, -0.2) is 18.0 Å². The molecule has 0 fully saturated rings. The van der Waals surface area contributed by atoms with Crippen LogP contribution in [0.25, 0.3) is 0 Å². The van der Waals surface area contributed by atoms with E-state index in [9.17, 15) is 22.6 Å². The average molecular weight is 400 g/mol. The number of carbonyl (C=O) groups excluding carboxylic acids is 2. The molecule has 0 aliphatic carbocycles. The third kappa shape index (κ3) is 7.08. The molecule has 0 heterocycles. The van der Waals surface area contributed by atoms with Crippen LogP contribution in [0.1, 0.15) is 40.5 Å². The summed E-state index contributed by atoms with van der Waals surface area (Å²) in [5.41, 5.74) is 0.526. The monoisotopic (exact) mass is 400 g/mol. The Labute approximate surface area is 179 Å². The van der Waals surface area contributed by atoms with Gasteiger partial charge in [-0.3, -0.25) is 0 Å². The zero-order valence-electron chi connectivity index (χ0n) is 15.0. The first kappa shape index (κ1) is 23.3. The third-order valence-electron chi connectivity index (χ3n) is 3.41. The number of ether oxygens (including phenoxy) is 2. The van der Waals surface area contributed by atoms with Crippen molar-refractivity contribution in [2.24, 2.45) is 0 Å². The summed E-state index contributed by atoms with van der Waals surface area (Å²) in [7, 11) is -4.56. The van der Waals surface area contributed by atoms with E-state index in [2.05, 4.69) is 0 Å². The minimum Gasteiger partial charge on any atom is -0.744 e. The van der Waals surface area contributed by atoms with Crippen molar-refractivity contribution < 1.29 is 61.6 Å². The summed E-state index contributed by atoms with van der Waals surface area (Å²) in [5, 5.41) is 0. The van der Waals surface area contributed by atoms with Gasteiger partial charge in [0.1, 0.15) is 15.9 Å². The minimum absolute atomic E-state index is 0. The second-order valence-corrected chi connectivity index (χ2v) is 6.76. The molecule has 0 atom stereocenters. The summed E-state index contributed by atoms with van der Waals surface area (Å²) in [4.78, 5) is 23.4. The number of esters is 2. The van der Waals surface area contributed by atoms with E-state index in [1.165, 1.54) is 36.4 Å². The summed E-state index contributed by atoms with van der Waals surface area (Å²) < 4.78 is 42.7. The van der Waals surface area contributed by atoms with Crippen molar-refractivity contribution in [1.82, 2.24) is 0 Å². The predicted molar refractivity (Wildman–Crippen MR) is 91.0 cm³/mol. The molecule has 0 amide bonds. The van der Waals surface area contributed by atoms with E-state index in [0.717, 1.165) is 25.0 Å². The maximum absolute atomic E-state index is 12.1. The molecule has 0 N–H and O–H groups in total. The molecule has 0 aromatic heterocycles. The predicted octanol–water partition coefficient (Wildman–Crippen LogP) is -0.229. The fourth-order valence-corrected chi connectivity index (χ4v) is 2.44. The van der Waals surface area contributed by atoms with Crippen LogP contribution in [0.3, 0.4) is 0 Å². The van der Waals surface area contributed by atoms with Crippen molar-refractivity contribution in [2.45, 2.75) is 24.7 Å². The molecule has 0 saturated heterocycles. The number of carbonyl (C=O) groups is 2. The van der Waals surface area contributed by atoms with Gasteiger partial charge in [0.05, 0.1) is 22.6 Å². The summed E-state index contributed by atoms with van der Waals surface area (Å²) >= 11 is 0. The summed E-state index contributed by atoms with van der Waals surface area (Å²) in [5.74, 6) is -1.06. The maximum atomic E-state index is 12.1. The van der Waals surface area contributed by atoms with E-state index >= 15 is 0 Å². The van der Waals surface area contributed by atoms with Crippen molar-refractivity contribution >= 4 is 22.1 Å². The Hall–Kier alpha value is -1.71. The van der Waals surface area contributed by atoms with Crippen LogP contribution in [-0.2, 0) is 14.9 Å². The molecule has 2 aromatic carbocycles. The fourth-order valence-electron chi connectivity index (χ4n) is 1.98. The van der Waals surface area contributed by atoms with Crippen LogP contribution in [-0.4, -0.2) is 31.5 Å². The van der Waals surface area contributed by atoms with Gasteiger partial charge in [0.15, 0.2) is 0 Å². The SMILES string of the molecule is CCCCOC(=O)c1ccc(C(=O)Oc2ccc(S(=O)(=O)[O-])cc2)cc1.[Na+]. The third-order valence-corrected chi connectivity index (χ3v) is 4.26. The Morgan fingerprint density at radius 2 is 1.44 bits per heavy atom. The van der Waals surface area contributed by atoms with Crippen LogP contribution in [0.2, 0.25) is 0 Å². The Bertz CT molecular complexity index is 875. The van der Waals surface area contributed by atoms with Crippen molar-refractivity contribution in [3.8, 4) is 5.75 Å². The molecule has 0 aliphatic rings. The Morgan fingerprint density at radius 1 is 0.926 bits per heavy atom. The maximum Gasteiger partial charge on any atom is 1.00 e. The molecule has 0 radical (unpaired) electrons. The summed E-state index contributed by atoms with van der Waals surface area (Å²) in [6.07, 6.45) is 1.70. The molecule has 0 aliphatic heterocycles. The normalized spacial score (nSPS) is 10.6. The Morgan fingerprint density at radius 3 is 1.93 bits per heavy atom. The van der Waals surface area contributed by atoms with Crippen LogP contribution in [0.5, 0.6) is 5.75 Å².